The summed E-state index contributed by atoms with van der Waals surface area (Å²) in [5.41, 5.74) is 0.142. The molecule has 1 aromatic carbocycles. The molecule has 0 saturated carbocycles. The van der Waals surface area contributed by atoms with Crippen molar-refractivity contribution in [3.63, 3.8) is 0 Å². The Labute approximate surface area is 241 Å². The molecule has 4 amide bonds. The molecule has 4 rings (SSSR count). The summed E-state index contributed by atoms with van der Waals surface area (Å²) in [5.74, 6) is -1.34. The van der Waals surface area contributed by atoms with Gasteiger partial charge in [-0.1, -0.05) is 0 Å². The van der Waals surface area contributed by atoms with Crippen LogP contribution in [0.1, 0.15) is 58.9 Å². The number of carbonyl (C=O) groups is 4. The molecule has 1 fully saturated rings. The first-order valence-corrected chi connectivity index (χ1v) is 15.2. The Morgan fingerprint density at radius 2 is 1.73 bits per heavy atom. The van der Waals surface area contributed by atoms with Crippen molar-refractivity contribution in [1.29, 1.82) is 0 Å². The van der Waals surface area contributed by atoms with Crippen molar-refractivity contribution in [2.45, 2.75) is 51.1 Å². The summed E-state index contributed by atoms with van der Waals surface area (Å²) in [6.45, 7) is 7.75. The van der Waals surface area contributed by atoms with Crippen LogP contribution in [0.3, 0.4) is 0 Å². The number of imide groups is 1. The standard InChI is InChI=1S/C26H32N4O9S2/c1-5-38-24(33)28-22(32)20-18-11-12-29(25(34)39-6-2)13-19(18)40-23(20)27-21(31)16-7-9-17(10-8-16)41(35,36)30-15-37-14-26(30,3)4/h7-10H,5-6,11-15H2,1-4H3,(H,27,31)(H,28,32,33). The van der Waals surface area contributed by atoms with Gasteiger partial charge < -0.3 is 24.4 Å². The zero-order valence-electron chi connectivity index (χ0n) is 23.1. The molecule has 0 bridgehead atoms. The van der Waals surface area contributed by atoms with Crippen LogP contribution in [0.4, 0.5) is 14.6 Å². The number of carbonyl (C=O) groups excluding carboxylic acids is 4. The van der Waals surface area contributed by atoms with Crippen molar-refractivity contribution in [1.82, 2.24) is 14.5 Å². The van der Waals surface area contributed by atoms with Crippen LogP contribution in [-0.4, -0.2) is 80.3 Å². The van der Waals surface area contributed by atoms with Gasteiger partial charge in [-0.25, -0.2) is 18.0 Å². The Morgan fingerprint density at radius 1 is 1.05 bits per heavy atom. The van der Waals surface area contributed by atoms with Gasteiger partial charge in [-0.2, -0.15) is 4.31 Å². The minimum Gasteiger partial charge on any atom is -0.450 e. The monoisotopic (exact) mass is 608 g/mol. The van der Waals surface area contributed by atoms with Crippen LogP contribution < -0.4 is 10.6 Å². The fourth-order valence-corrected chi connectivity index (χ4v) is 7.43. The SMILES string of the molecule is CCOC(=O)NC(=O)c1c(NC(=O)c2ccc(S(=O)(=O)N3COCC3(C)C)cc2)sc2c1CCN(C(=O)OCC)C2. The van der Waals surface area contributed by atoms with E-state index in [9.17, 15) is 27.6 Å². The van der Waals surface area contributed by atoms with E-state index in [0.29, 0.717) is 16.9 Å². The second kappa shape index (κ2) is 12.1. The molecule has 15 heteroatoms. The maximum Gasteiger partial charge on any atom is 0.414 e. The molecule has 13 nitrogen and oxygen atoms in total. The smallest absolute Gasteiger partial charge is 0.414 e. The van der Waals surface area contributed by atoms with Crippen molar-refractivity contribution in [3.8, 4) is 0 Å². The molecule has 0 aliphatic carbocycles. The number of benzene rings is 1. The molecule has 1 aromatic heterocycles. The molecule has 0 atom stereocenters. The van der Waals surface area contributed by atoms with Crippen molar-refractivity contribution >= 4 is 50.4 Å². The first-order valence-electron chi connectivity index (χ1n) is 12.9. The first-order chi connectivity index (χ1) is 19.4. The fraction of sp³-hybridized carbons (Fsp3) is 0.462. The van der Waals surface area contributed by atoms with Crippen molar-refractivity contribution in [3.05, 3.63) is 45.8 Å². The van der Waals surface area contributed by atoms with Crippen LogP contribution in [0, 0.1) is 0 Å². The van der Waals surface area contributed by atoms with Gasteiger partial charge in [0.15, 0.2) is 0 Å². The maximum absolute atomic E-state index is 13.2. The molecule has 41 heavy (non-hydrogen) atoms. The molecule has 2 aliphatic rings. The molecule has 0 unspecified atom stereocenters. The van der Waals surface area contributed by atoms with Crippen molar-refractivity contribution < 1.29 is 41.8 Å². The van der Waals surface area contributed by atoms with Crippen molar-refractivity contribution in [2.24, 2.45) is 0 Å². The topological polar surface area (TPSA) is 161 Å². The van der Waals surface area contributed by atoms with Crippen LogP contribution in [0.15, 0.2) is 29.2 Å². The largest absolute Gasteiger partial charge is 0.450 e. The van der Waals surface area contributed by atoms with Gasteiger partial charge >= 0.3 is 12.2 Å². The predicted molar refractivity (Wildman–Crippen MR) is 148 cm³/mol. The number of alkyl carbamates (subject to hydrolysis) is 1. The number of rotatable bonds is 7. The highest BCUT2D eigenvalue weighted by Gasteiger charge is 2.42. The number of fused-ring (bicyclic) bond motifs is 1. The number of amides is 4. The molecule has 0 radical (unpaired) electrons. The van der Waals surface area contributed by atoms with E-state index < -0.39 is 39.6 Å². The Hall–Kier alpha value is -3.53. The summed E-state index contributed by atoms with van der Waals surface area (Å²) in [6.07, 6.45) is -1.12. The zero-order valence-corrected chi connectivity index (χ0v) is 24.8. The lowest BCUT2D eigenvalue weighted by molar-refractivity contribution is 0.0924. The highest BCUT2D eigenvalue weighted by molar-refractivity contribution is 7.89. The second-order valence-electron chi connectivity index (χ2n) is 9.88. The van der Waals surface area contributed by atoms with Crippen LogP contribution >= 0.6 is 11.3 Å². The first kappa shape index (κ1) is 30.4. The van der Waals surface area contributed by atoms with E-state index in [4.69, 9.17) is 14.2 Å². The molecule has 2 aromatic rings. The van der Waals surface area contributed by atoms with Gasteiger partial charge in [0.1, 0.15) is 11.7 Å². The van der Waals surface area contributed by atoms with Gasteiger partial charge in [-0.05, 0) is 63.9 Å². The van der Waals surface area contributed by atoms with E-state index in [1.807, 2.05) is 0 Å². The van der Waals surface area contributed by atoms with E-state index >= 15 is 0 Å². The molecule has 2 aliphatic heterocycles. The Balaban J connectivity index is 1.59. The summed E-state index contributed by atoms with van der Waals surface area (Å²) >= 11 is 1.11. The van der Waals surface area contributed by atoms with Gasteiger partial charge in [-0.15, -0.1) is 11.3 Å². The van der Waals surface area contributed by atoms with Crippen LogP contribution in [0.2, 0.25) is 0 Å². The minimum atomic E-state index is -3.86. The Morgan fingerprint density at radius 3 is 2.34 bits per heavy atom. The van der Waals surface area contributed by atoms with Crippen LogP contribution in [0.25, 0.3) is 0 Å². The van der Waals surface area contributed by atoms with Gasteiger partial charge in [0.2, 0.25) is 10.0 Å². The third-order valence-corrected chi connectivity index (χ3v) is 9.75. The molecule has 1 saturated heterocycles. The van der Waals surface area contributed by atoms with E-state index in [1.54, 1.807) is 27.7 Å². The molecular weight excluding hydrogens is 576 g/mol. The second-order valence-corrected chi connectivity index (χ2v) is 12.8. The molecule has 2 N–H and O–H groups in total. The average molecular weight is 609 g/mol. The minimum absolute atomic E-state index is 0.00720. The van der Waals surface area contributed by atoms with Crippen LogP contribution in [-0.2, 0) is 37.2 Å². The number of thiophene rings is 1. The number of ether oxygens (including phenoxy) is 3. The number of anilines is 1. The summed E-state index contributed by atoms with van der Waals surface area (Å²) in [5, 5.41) is 5.07. The lowest BCUT2D eigenvalue weighted by Crippen LogP contribution is -2.44. The van der Waals surface area contributed by atoms with Crippen LogP contribution in [0.5, 0.6) is 0 Å². The van der Waals surface area contributed by atoms with E-state index in [0.717, 1.165) is 11.3 Å². The number of hydrogen-bond donors (Lipinski definition) is 2. The number of nitrogens with one attached hydrogen (secondary N) is 2. The summed E-state index contributed by atoms with van der Waals surface area (Å²) in [7, 11) is -3.86. The molecule has 3 heterocycles. The predicted octanol–water partition coefficient (Wildman–Crippen LogP) is 3.16. The average Bonchev–Trinajstić information content (AvgIpc) is 3.47. The normalized spacial score (nSPS) is 16.5. The summed E-state index contributed by atoms with van der Waals surface area (Å²) in [6, 6.07) is 5.42. The quantitative estimate of drug-likeness (QED) is 0.481. The van der Waals surface area contributed by atoms with Gasteiger partial charge in [0.25, 0.3) is 11.8 Å². The highest BCUT2D eigenvalue weighted by atomic mass is 32.2. The fourth-order valence-electron chi connectivity index (χ4n) is 4.53. The number of nitrogens with zero attached hydrogens (tertiary/aromatic N) is 2. The van der Waals surface area contributed by atoms with Gasteiger partial charge in [-0.3, -0.25) is 14.9 Å². The zero-order chi connectivity index (χ0) is 29.9. The van der Waals surface area contributed by atoms with Crippen molar-refractivity contribution in [2.75, 3.05) is 38.4 Å². The Kier molecular flexibility index (Phi) is 9.01. The van der Waals surface area contributed by atoms with E-state index in [1.165, 1.54) is 33.5 Å². The number of hydrogen-bond acceptors (Lipinski definition) is 10. The molecule has 222 valence electrons. The third-order valence-electron chi connectivity index (χ3n) is 6.57. The van der Waals surface area contributed by atoms with Gasteiger partial charge in [0, 0.05) is 17.0 Å². The third kappa shape index (κ3) is 6.37. The lowest BCUT2D eigenvalue weighted by Gasteiger charge is -2.28. The summed E-state index contributed by atoms with van der Waals surface area (Å²) in [4.78, 5) is 52.7. The highest BCUT2D eigenvalue weighted by Crippen LogP contribution is 2.38. The summed E-state index contributed by atoms with van der Waals surface area (Å²) < 4.78 is 42.8. The maximum atomic E-state index is 13.2. The van der Waals surface area contributed by atoms with Gasteiger partial charge in [0.05, 0.1) is 42.4 Å². The molecule has 0 spiro atoms. The molecular formula is C26H32N4O9S2. The van der Waals surface area contributed by atoms with E-state index in [-0.39, 0.29) is 60.7 Å². The lowest BCUT2D eigenvalue weighted by atomic mass is 10.0. The van der Waals surface area contributed by atoms with E-state index in [2.05, 4.69) is 10.6 Å². The Bertz CT molecular complexity index is 1450. The number of sulfonamides is 1.